The van der Waals surface area contributed by atoms with E-state index in [-0.39, 0.29) is 35.2 Å². The van der Waals surface area contributed by atoms with Crippen molar-refractivity contribution >= 4 is 34.0 Å². The summed E-state index contributed by atoms with van der Waals surface area (Å²) >= 11 is 0.986. The minimum absolute atomic E-state index is 0.0470. The van der Waals surface area contributed by atoms with E-state index in [9.17, 15) is 41.0 Å². The number of halogens is 6. The van der Waals surface area contributed by atoms with Gasteiger partial charge in [0.2, 0.25) is 0 Å². The molecule has 2 saturated carbocycles. The summed E-state index contributed by atoms with van der Waals surface area (Å²) in [6.45, 7) is 0. The predicted octanol–water partition coefficient (Wildman–Crippen LogP) is 6.99. The monoisotopic (exact) mass is 614 g/mol. The number of aliphatic carboxylic acids is 1. The molecule has 5 rings (SSSR count). The fourth-order valence-electron chi connectivity index (χ4n) is 5.93. The van der Waals surface area contributed by atoms with Gasteiger partial charge in [0, 0.05) is 17.2 Å². The van der Waals surface area contributed by atoms with Crippen molar-refractivity contribution in [1.82, 2.24) is 10.3 Å². The Hall–Kier alpha value is -3.19. The number of carboxylic acids is 1. The zero-order valence-electron chi connectivity index (χ0n) is 22.2. The van der Waals surface area contributed by atoms with Crippen LogP contribution < -0.4 is 5.32 Å². The normalized spacial score (nSPS) is 20.4. The Labute approximate surface area is 240 Å². The van der Waals surface area contributed by atoms with Gasteiger partial charge >= 0.3 is 18.3 Å². The number of hydrogen-bond donors (Lipinski definition) is 3. The van der Waals surface area contributed by atoms with E-state index in [4.69, 9.17) is 5.11 Å². The maximum atomic E-state index is 13.8. The smallest absolute Gasteiger partial charge is 0.430 e. The highest BCUT2D eigenvalue weighted by Gasteiger charge is 2.71. The van der Waals surface area contributed by atoms with E-state index in [2.05, 4.69) is 10.3 Å². The summed E-state index contributed by atoms with van der Waals surface area (Å²) in [5, 5.41) is 21.8. The number of amides is 1. The van der Waals surface area contributed by atoms with E-state index in [1.54, 1.807) is 0 Å². The van der Waals surface area contributed by atoms with Crippen LogP contribution in [0.2, 0.25) is 0 Å². The number of thiazole rings is 1. The molecule has 3 N–H and O–H groups in total. The molecular formula is C29H28F6N2O4S. The van der Waals surface area contributed by atoms with E-state index < -0.39 is 46.7 Å². The van der Waals surface area contributed by atoms with Gasteiger partial charge in [0.15, 0.2) is 5.01 Å². The number of fused-ring (bicyclic) bond motifs is 1. The molecule has 1 heterocycles. The van der Waals surface area contributed by atoms with Crippen LogP contribution in [-0.4, -0.2) is 45.5 Å². The summed E-state index contributed by atoms with van der Waals surface area (Å²) in [5.41, 5.74) is -5.61. The molecule has 0 spiro atoms. The number of aromatic nitrogens is 1. The van der Waals surface area contributed by atoms with Crippen molar-refractivity contribution in [3.05, 3.63) is 52.7 Å². The average Bonchev–Trinajstić information content (AvgIpc) is 3.31. The molecule has 226 valence electrons. The molecule has 6 nitrogen and oxygen atoms in total. The molecule has 0 atom stereocenters. The zero-order chi connectivity index (χ0) is 30.4. The molecule has 0 unspecified atom stereocenters. The molecule has 2 fully saturated rings. The van der Waals surface area contributed by atoms with Crippen molar-refractivity contribution < 1.29 is 46.1 Å². The lowest BCUT2D eigenvalue weighted by molar-refractivity contribution is -0.375. The van der Waals surface area contributed by atoms with Crippen molar-refractivity contribution in [3.63, 3.8) is 0 Å². The van der Waals surface area contributed by atoms with E-state index in [0.717, 1.165) is 55.6 Å². The zero-order valence-corrected chi connectivity index (χ0v) is 23.0. The second-order valence-corrected chi connectivity index (χ2v) is 12.1. The number of aliphatic hydroxyl groups is 1. The fraction of sp³-hybridized carbons (Fsp3) is 0.483. The van der Waals surface area contributed by atoms with E-state index in [0.29, 0.717) is 28.6 Å². The van der Waals surface area contributed by atoms with Gasteiger partial charge in [-0.25, -0.2) is 4.98 Å². The third-order valence-corrected chi connectivity index (χ3v) is 9.43. The molecule has 0 saturated heterocycles. The number of hydrogen-bond acceptors (Lipinski definition) is 5. The summed E-state index contributed by atoms with van der Waals surface area (Å²) < 4.78 is 82.8. The van der Waals surface area contributed by atoms with Gasteiger partial charge in [-0.1, -0.05) is 68.5 Å². The quantitative estimate of drug-likeness (QED) is 0.249. The summed E-state index contributed by atoms with van der Waals surface area (Å²) in [5.74, 6) is -1.75. The van der Waals surface area contributed by atoms with Crippen LogP contribution in [-0.2, 0) is 16.8 Å². The Kier molecular flexibility index (Phi) is 8.03. The van der Waals surface area contributed by atoms with E-state index >= 15 is 0 Å². The average molecular weight is 615 g/mol. The molecule has 0 aliphatic heterocycles. The van der Waals surface area contributed by atoms with Crippen molar-refractivity contribution in [1.29, 1.82) is 0 Å². The maximum Gasteiger partial charge on any atom is 0.430 e. The molecule has 3 aromatic rings. The minimum atomic E-state index is -6.04. The first-order chi connectivity index (χ1) is 19.7. The van der Waals surface area contributed by atoms with Crippen LogP contribution in [0.4, 0.5) is 26.3 Å². The van der Waals surface area contributed by atoms with Crippen LogP contribution in [0, 0.1) is 11.8 Å². The molecule has 0 bridgehead atoms. The Morgan fingerprint density at radius 3 is 2.14 bits per heavy atom. The number of nitrogens with zero attached hydrogens (tertiary/aromatic N) is 1. The summed E-state index contributed by atoms with van der Waals surface area (Å²) in [7, 11) is 0. The number of carbonyl (C=O) groups is 2. The summed E-state index contributed by atoms with van der Waals surface area (Å²) in [4.78, 5) is 29.2. The van der Waals surface area contributed by atoms with Gasteiger partial charge < -0.3 is 15.5 Å². The fourth-order valence-corrected chi connectivity index (χ4v) is 6.96. The maximum absolute atomic E-state index is 13.8. The van der Waals surface area contributed by atoms with Crippen LogP contribution in [0.3, 0.4) is 0 Å². The molecule has 2 aromatic carbocycles. The van der Waals surface area contributed by atoms with Crippen LogP contribution >= 0.6 is 11.3 Å². The first-order valence-corrected chi connectivity index (χ1v) is 14.4. The third kappa shape index (κ3) is 5.48. The number of alkyl halides is 6. The van der Waals surface area contributed by atoms with Crippen LogP contribution in [0.1, 0.15) is 66.0 Å². The Bertz CT molecular complexity index is 1480. The van der Waals surface area contributed by atoms with E-state index in [1.807, 2.05) is 0 Å². The third-order valence-electron chi connectivity index (χ3n) is 8.30. The predicted molar refractivity (Wildman–Crippen MR) is 143 cm³/mol. The first kappa shape index (κ1) is 30.3. The largest absolute Gasteiger partial charge is 0.481 e. The lowest BCUT2D eigenvalue weighted by Gasteiger charge is -2.33. The first-order valence-electron chi connectivity index (χ1n) is 13.6. The molecule has 13 heteroatoms. The SMILES string of the molecule is O=C(N[C@H]1C[C@H](C(=O)O)C1)c1nc(CC2CCCCC2)c(-c2ccc(C(O)(C(F)(F)F)C(F)(F)F)c3ccccc23)s1. The molecule has 0 radical (unpaired) electrons. The number of benzene rings is 2. The van der Waals surface area contributed by atoms with Crippen molar-refractivity contribution in [2.75, 3.05) is 0 Å². The molecule has 1 amide bonds. The second-order valence-electron chi connectivity index (χ2n) is 11.1. The number of carboxylic acid groups (broad SMARTS) is 1. The highest BCUT2D eigenvalue weighted by molar-refractivity contribution is 7.17. The lowest BCUT2D eigenvalue weighted by atomic mass is 9.80. The van der Waals surface area contributed by atoms with Crippen molar-refractivity contribution in [3.8, 4) is 10.4 Å². The van der Waals surface area contributed by atoms with E-state index in [1.165, 1.54) is 18.2 Å². The topological polar surface area (TPSA) is 99.5 Å². The van der Waals surface area contributed by atoms with Crippen molar-refractivity contribution in [2.24, 2.45) is 11.8 Å². The molecule has 2 aliphatic rings. The van der Waals surface area contributed by atoms with Crippen LogP contribution in [0.25, 0.3) is 21.2 Å². The minimum Gasteiger partial charge on any atom is -0.481 e. The number of rotatable bonds is 7. The molecule has 1 aromatic heterocycles. The Morgan fingerprint density at radius 2 is 1.55 bits per heavy atom. The number of carbonyl (C=O) groups excluding carboxylic acids is 1. The Morgan fingerprint density at radius 1 is 0.929 bits per heavy atom. The number of nitrogens with one attached hydrogen (secondary N) is 1. The molecule has 2 aliphatic carbocycles. The summed E-state index contributed by atoms with van der Waals surface area (Å²) in [6, 6.07) is 6.66. The van der Waals surface area contributed by atoms with Crippen LogP contribution in [0.5, 0.6) is 0 Å². The van der Waals surface area contributed by atoms with Gasteiger partial charge in [0.1, 0.15) is 0 Å². The van der Waals surface area contributed by atoms with Gasteiger partial charge in [-0.15, -0.1) is 11.3 Å². The van der Waals surface area contributed by atoms with Crippen molar-refractivity contribution in [2.45, 2.75) is 75.4 Å². The summed E-state index contributed by atoms with van der Waals surface area (Å²) in [6.07, 6.45) is -6.04. The van der Waals surface area contributed by atoms with Gasteiger partial charge in [0.25, 0.3) is 11.5 Å². The second kappa shape index (κ2) is 11.1. The lowest BCUT2D eigenvalue weighted by Crippen LogP contribution is -2.54. The van der Waals surface area contributed by atoms with Gasteiger partial charge in [-0.2, -0.15) is 26.3 Å². The highest BCUT2D eigenvalue weighted by atomic mass is 32.1. The van der Waals surface area contributed by atoms with Gasteiger partial charge in [0.05, 0.1) is 16.5 Å². The van der Waals surface area contributed by atoms with Gasteiger partial charge in [-0.05, 0) is 36.0 Å². The standard InChI is InChI=1S/C29H28F6N2O4S/c30-28(31,32)27(41,29(33,34)35)21-11-10-20(18-8-4-5-9-19(18)21)23-22(12-15-6-2-1-3-7-15)37-25(42-23)24(38)36-17-13-16(14-17)26(39)40/h4-5,8-11,15-17,41H,1-3,6-7,12-14H2,(H,36,38)(H,39,40)/t16-,17-. The van der Waals surface area contributed by atoms with Crippen LogP contribution in [0.15, 0.2) is 36.4 Å². The molecule has 42 heavy (non-hydrogen) atoms. The van der Waals surface area contributed by atoms with Gasteiger partial charge in [-0.3, -0.25) is 9.59 Å². The molecular weight excluding hydrogens is 586 g/mol. The Balaban J connectivity index is 1.59. The highest BCUT2D eigenvalue weighted by Crippen LogP contribution is 2.52.